The van der Waals surface area contributed by atoms with Gasteiger partial charge < -0.3 is 0 Å². The molecule has 0 atom stereocenters. The average Bonchev–Trinajstić information content (AvgIpc) is 3.26. The van der Waals surface area contributed by atoms with Gasteiger partial charge in [-0.15, -0.1) is 11.3 Å². The number of hydrazine groups is 1. The second-order valence-corrected chi connectivity index (χ2v) is 10.4. The van der Waals surface area contributed by atoms with Gasteiger partial charge in [-0.25, -0.2) is 12.8 Å². The fraction of sp³-hybridized carbons (Fsp3) is 0.182. The van der Waals surface area contributed by atoms with Crippen LogP contribution in [-0.4, -0.2) is 33.0 Å². The van der Waals surface area contributed by atoms with E-state index < -0.39 is 21.8 Å². The van der Waals surface area contributed by atoms with E-state index in [-0.39, 0.29) is 5.82 Å². The molecule has 1 aromatic heterocycles. The standard InChI is InChI=1S/C22H20FN3O4S2/c1-32(29,30)26-12-2-3-15-13-16(6-9-18(15)26)21(27)24-25-22(28)20-11-10-19(31-20)14-4-7-17(23)8-5-14/h4-11,13H,2-3,12H2,1H3,(H,24,27)(H,25,28). The van der Waals surface area contributed by atoms with Crippen LogP contribution in [0.4, 0.5) is 10.1 Å². The minimum atomic E-state index is -3.39. The Morgan fingerprint density at radius 1 is 1.00 bits per heavy atom. The lowest BCUT2D eigenvalue weighted by molar-refractivity contribution is 0.0849. The maximum Gasteiger partial charge on any atom is 0.279 e. The van der Waals surface area contributed by atoms with Crippen molar-refractivity contribution in [2.24, 2.45) is 0 Å². The Balaban J connectivity index is 1.42. The zero-order chi connectivity index (χ0) is 22.9. The number of hydrogen-bond donors (Lipinski definition) is 2. The molecule has 32 heavy (non-hydrogen) atoms. The van der Waals surface area contributed by atoms with Crippen LogP contribution in [0.15, 0.2) is 54.6 Å². The molecule has 0 unspecified atom stereocenters. The molecule has 4 rings (SSSR count). The van der Waals surface area contributed by atoms with E-state index in [0.717, 1.165) is 22.3 Å². The fourth-order valence-corrected chi connectivity index (χ4v) is 5.43. The predicted molar refractivity (Wildman–Crippen MR) is 122 cm³/mol. The zero-order valence-electron chi connectivity index (χ0n) is 17.1. The number of anilines is 1. The number of halogens is 1. The molecule has 1 aliphatic heterocycles. The van der Waals surface area contributed by atoms with Crippen molar-refractivity contribution in [3.63, 3.8) is 0 Å². The highest BCUT2D eigenvalue weighted by atomic mass is 32.2. The molecular formula is C22H20FN3O4S2. The number of fused-ring (bicyclic) bond motifs is 1. The highest BCUT2D eigenvalue weighted by Crippen LogP contribution is 2.30. The Kier molecular flexibility index (Phi) is 5.98. The summed E-state index contributed by atoms with van der Waals surface area (Å²) in [6.07, 6.45) is 2.48. The Morgan fingerprint density at radius 2 is 1.72 bits per heavy atom. The lowest BCUT2D eigenvalue weighted by atomic mass is 10.0. The minimum absolute atomic E-state index is 0.317. The van der Waals surface area contributed by atoms with E-state index in [4.69, 9.17) is 0 Å². The number of aryl methyl sites for hydroxylation is 1. The summed E-state index contributed by atoms with van der Waals surface area (Å²) in [4.78, 5) is 26.1. The molecule has 0 saturated carbocycles. The maximum atomic E-state index is 13.1. The van der Waals surface area contributed by atoms with Gasteiger partial charge in [0.15, 0.2) is 0 Å². The second-order valence-electron chi connectivity index (χ2n) is 7.36. The SMILES string of the molecule is CS(=O)(=O)N1CCCc2cc(C(=O)NNC(=O)c3ccc(-c4ccc(F)cc4)s3)ccc21. The van der Waals surface area contributed by atoms with Crippen molar-refractivity contribution in [1.29, 1.82) is 0 Å². The fourth-order valence-electron chi connectivity index (χ4n) is 3.52. The number of sulfonamides is 1. The molecule has 0 saturated heterocycles. The van der Waals surface area contributed by atoms with Crippen molar-refractivity contribution in [1.82, 2.24) is 10.9 Å². The first-order chi connectivity index (χ1) is 15.2. The van der Waals surface area contributed by atoms with Crippen molar-refractivity contribution in [2.75, 3.05) is 17.1 Å². The van der Waals surface area contributed by atoms with Crippen LogP contribution >= 0.6 is 11.3 Å². The second kappa shape index (κ2) is 8.71. The van der Waals surface area contributed by atoms with Crippen LogP contribution in [0, 0.1) is 5.82 Å². The van der Waals surface area contributed by atoms with Crippen molar-refractivity contribution < 1.29 is 22.4 Å². The van der Waals surface area contributed by atoms with Gasteiger partial charge in [0.1, 0.15) is 5.82 Å². The number of hydrogen-bond acceptors (Lipinski definition) is 5. The van der Waals surface area contributed by atoms with Crippen LogP contribution < -0.4 is 15.2 Å². The summed E-state index contributed by atoms with van der Waals surface area (Å²) in [6, 6.07) is 14.1. The first kappa shape index (κ1) is 22.0. The molecule has 2 heterocycles. The Hall–Kier alpha value is -3.24. The van der Waals surface area contributed by atoms with E-state index in [0.29, 0.717) is 35.5 Å². The quantitative estimate of drug-likeness (QED) is 0.568. The van der Waals surface area contributed by atoms with Crippen LogP contribution in [0.5, 0.6) is 0 Å². The number of benzene rings is 2. The van der Waals surface area contributed by atoms with Crippen LogP contribution in [0.2, 0.25) is 0 Å². The van der Waals surface area contributed by atoms with Crippen LogP contribution in [0.3, 0.4) is 0 Å². The molecule has 166 valence electrons. The molecule has 0 radical (unpaired) electrons. The number of amides is 2. The van der Waals surface area contributed by atoms with Crippen LogP contribution in [-0.2, 0) is 16.4 Å². The summed E-state index contributed by atoms with van der Waals surface area (Å²) in [5.74, 6) is -1.32. The minimum Gasteiger partial charge on any atom is -0.270 e. The van der Waals surface area contributed by atoms with Crippen molar-refractivity contribution >= 4 is 38.9 Å². The molecular weight excluding hydrogens is 453 g/mol. The predicted octanol–water partition coefficient (Wildman–Crippen LogP) is 3.34. The first-order valence-electron chi connectivity index (χ1n) is 9.79. The van der Waals surface area contributed by atoms with Gasteiger partial charge in [-0.2, -0.15) is 0 Å². The smallest absolute Gasteiger partial charge is 0.270 e. The molecule has 7 nitrogen and oxygen atoms in total. The number of carbonyl (C=O) groups excluding carboxylic acids is 2. The van der Waals surface area contributed by atoms with Gasteiger partial charge in [-0.3, -0.25) is 24.7 Å². The van der Waals surface area contributed by atoms with E-state index in [2.05, 4.69) is 10.9 Å². The molecule has 10 heteroatoms. The van der Waals surface area contributed by atoms with Gasteiger partial charge in [0.25, 0.3) is 11.8 Å². The van der Waals surface area contributed by atoms with Gasteiger partial charge in [-0.05, 0) is 66.4 Å². The average molecular weight is 474 g/mol. The Bertz CT molecular complexity index is 1290. The number of carbonyl (C=O) groups is 2. The third-order valence-electron chi connectivity index (χ3n) is 5.07. The van der Waals surface area contributed by atoms with E-state index in [9.17, 15) is 22.4 Å². The molecule has 2 amide bonds. The largest absolute Gasteiger partial charge is 0.279 e. The summed E-state index contributed by atoms with van der Waals surface area (Å²) in [7, 11) is -3.39. The summed E-state index contributed by atoms with van der Waals surface area (Å²) in [5.41, 5.74) is 7.23. The molecule has 0 bridgehead atoms. The third-order valence-corrected chi connectivity index (χ3v) is 7.38. The highest BCUT2D eigenvalue weighted by molar-refractivity contribution is 7.92. The number of nitrogens with zero attached hydrogens (tertiary/aromatic N) is 1. The highest BCUT2D eigenvalue weighted by Gasteiger charge is 2.24. The van der Waals surface area contributed by atoms with Crippen molar-refractivity contribution in [3.8, 4) is 10.4 Å². The Morgan fingerprint density at radius 3 is 2.44 bits per heavy atom. The number of thiophene rings is 1. The first-order valence-corrected chi connectivity index (χ1v) is 12.5. The van der Waals surface area contributed by atoms with E-state index in [1.54, 1.807) is 36.4 Å². The summed E-state index contributed by atoms with van der Waals surface area (Å²) in [5, 5.41) is 0. The monoisotopic (exact) mass is 473 g/mol. The molecule has 2 aromatic carbocycles. The molecule has 0 spiro atoms. The van der Waals surface area contributed by atoms with E-state index >= 15 is 0 Å². The van der Waals surface area contributed by atoms with Crippen molar-refractivity contribution in [3.05, 3.63) is 76.4 Å². The topological polar surface area (TPSA) is 95.6 Å². The van der Waals surface area contributed by atoms with Gasteiger partial charge >= 0.3 is 0 Å². The van der Waals surface area contributed by atoms with Gasteiger partial charge in [0.05, 0.1) is 16.8 Å². The summed E-state index contributed by atoms with van der Waals surface area (Å²) in [6.45, 7) is 0.411. The number of nitrogens with one attached hydrogen (secondary N) is 2. The van der Waals surface area contributed by atoms with Crippen molar-refractivity contribution in [2.45, 2.75) is 12.8 Å². The van der Waals surface area contributed by atoms with E-state index in [1.807, 2.05) is 0 Å². The van der Waals surface area contributed by atoms with E-state index in [1.165, 1.54) is 33.8 Å². The van der Waals surface area contributed by atoms with Crippen LogP contribution in [0.25, 0.3) is 10.4 Å². The lowest BCUT2D eigenvalue weighted by Crippen LogP contribution is -2.41. The molecule has 1 aliphatic rings. The Labute approximate surface area is 188 Å². The summed E-state index contributed by atoms with van der Waals surface area (Å²) >= 11 is 1.22. The number of rotatable bonds is 4. The third kappa shape index (κ3) is 4.66. The van der Waals surface area contributed by atoms with Crippen LogP contribution in [0.1, 0.15) is 32.0 Å². The molecule has 2 N–H and O–H groups in total. The molecule has 0 fully saturated rings. The van der Waals surface area contributed by atoms with Gasteiger partial charge in [-0.1, -0.05) is 12.1 Å². The normalized spacial score (nSPS) is 13.4. The summed E-state index contributed by atoms with van der Waals surface area (Å²) < 4.78 is 38.4. The zero-order valence-corrected chi connectivity index (χ0v) is 18.7. The molecule has 0 aliphatic carbocycles. The maximum absolute atomic E-state index is 13.1. The van der Waals surface area contributed by atoms with Gasteiger partial charge in [0, 0.05) is 17.0 Å². The van der Waals surface area contributed by atoms with Gasteiger partial charge in [0.2, 0.25) is 10.0 Å². The molecule has 3 aromatic rings. The lowest BCUT2D eigenvalue weighted by Gasteiger charge is -2.29.